The summed E-state index contributed by atoms with van der Waals surface area (Å²) in [5.74, 6) is -1.17. The zero-order valence-corrected chi connectivity index (χ0v) is 23.8. The molecule has 1 saturated carbocycles. The maximum atomic E-state index is 14.7. The van der Waals surface area contributed by atoms with Gasteiger partial charge in [-0.3, -0.25) is 14.4 Å². The van der Waals surface area contributed by atoms with Gasteiger partial charge in [-0.25, -0.2) is 0 Å². The third-order valence-electron chi connectivity index (χ3n) is 9.42. The van der Waals surface area contributed by atoms with Gasteiger partial charge in [0, 0.05) is 31.4 Å². The summed E-state index contributed by atoms with van der Waals surface area (Å²) >= 11 is 1.70. The van der Waals surface area contributed by atoms with Crippen molar-refractivity contribution in [3.63, 3.8) is 0 Å². The Morgan fingerprint density at radius 3 is 2.38 bits per heavy atom. The molecule has 3 heterocycles. The van der Waals surface area contributed by atoms with E-state index in [2.05, 4.69) is 20.1 Å². The molecule has 1 aliphatic carbocycles. The molecule has 206 valence electrons. The Morgan fingerprint density at radius 1 is 1.16 bits per heavy atom. The zero-order chi connectivity index (χ0) is 27.1. The number of aliphatic hydroxyl groups is 1. The smallest absolute Gasteiger partial charge is 0.247 e. The molecule has 0 aromatic heterocycles. The molecular formula is C29H45N3O4S. The van der Waals surface area contributed by atoms with Crippen LogP contribution in [-0.4, -0.2) is 92.4 Å². The molecule has 8 heteroatoms. The maximum absolute atomic E-state index is 14.7. The third-order valence-corrected chi connectivity index (χ3v) is 11.5. The van der Waals surface area contributed by atoms with Gasteiger partial charge in [0.2, 0.25) is 17.7 Å². The maximum Gasteiger partial charge on any atom is 0.247 e. The summed E-state index contributed by atoms with van der Waals surface area (Å²) in [6, 6.07) is -1.04. The van der Waals surface area contributed by atoms with Gasteiger partial charge in [0.25, 0.3) is 0 Å². The van der Waals surface area contributed by atoms with Crippen LogP contribution in [0.3, 0.4) is 0 Å². The number of likely N-dealkylation sites (tertiary alicyclic amines) is 1. The van der Waals surface area contributed by atoms with Gasteiger partial charge in [-0.05, 0) is 31.1 Å². The van der Waals surface area contributed by atoms with Crippen LogP contribution in [0.4, 0.5) is 0 Å². The molecule has 0 aromatic carbocycles. The van der Waals surface area contributed by atoms with Gasteiger partial charge in [0.05, 0.1) is 29.2 Å². The molecule has 1 spiro atoms. The van der Waals surface area contributed by atoms with Crippen LogP contribution in [0.15, 0.2) is 25.3 Å². The van der Waals surface area contributed by atoms with E-state index in [1.54, 1.807) is 40.8 Å². The minimum Gasteiger partial charge on any atom is -0.394 e. The number of rotatable bonds is 10. The second-order valence-corrected chi connectivity index (χ2v) is 13.4. The van der Waals surface area contributed by atoms with Gasteiger partial charge in [0.1, 0.15) is 6.04 Å². The van der Waals surface area contributed by atoms with Crippen LogP contribution >= 0.6 is 11.8 Å². The summed E-state index contributed by atoms with van der Waals surface area (Å²) in [6.07, 6.45) is 9.59. The molecule has 3 aliphatic heterocycles. The van der Waals surface area contributed by atoms with E-state index in [4.69, 9.17) is 0 Å². The summed E-state index contributed by atoms with van der Waals surface area (Å²) in [4.78, 5) is 48.1. The van der Waals surface area contributed by atoms with E-state index in [1.807, 2.05) is 18.7 Å². The van der Waals surface area contributed by atoms with E-state index in [1.165, 1.54) is 6.42 Å². The Hall–Kier alpha value is -1.80. The fraction of sp³-hybridized carbons (Fsp3) is 0.759. The molecule has 4 aliphatic rings. The second kappa shape index (κ2) is 11.1. The van der Waals surface area contributed by atoms with E-state index >= 15 is 0 Å². The van der Waals surface area contributed by atoms with Gasteiger partial charge >= 0.3 is 0 Å². The molecule has 7 nitrogen and oxygen atoms in total. The first-order chi connectivity index (χ1) is 17.6. The summed E-state index contributed by atoms with van der Waals surface area (Å²) in [7, 11) is 1.76. The average Bonchev–Trinajstić information content (AvgIpc) is 3.47. The lowest BCUT2D eigenvalue weighted by Gasteiger charge is -2.44. The molecule has 3 saturated heterocycles. The van der Waals surface area contributed by atoms with E-state index in [9.17, 15) is 19.5 Å². The minimum absolute atomic E-state index is 0.00956. The average molecular weight is 532 g/mol. The fourth-order valence-electron chi connectivity index (χ4n) is 7.64. The predicted molar refractivity (Wildman–Crippen MR) is 148 cm³/mol. The highest BCUT2D eigenvalue weighted by atomic mass is 32.2. The largest absolute Gasteiger partial charge is 0.394 e. The van der Waals surface area contributed by atoms with Crippen molar-refractivity contribution in [2.75, 3.05) is 26.7 Å². The van der Waals surface area contributed by atoms with E-state index in [0.29, 0.717) is 13.1 Å². The highest BCUT2D eigenvalue weighted by molar-refractivity contribution is 8.02. The fourth-order valence-corrected chi connectivity index (χ4v) is 10.0. The molecule has 3 amide bonds. The first kappa shape index (κ1) is 28.2. The second-order valence-electron chi connectivity index (χ2n) is 11.9. The van der Waals surface area contributed by atoms with Crippen LogP contribution in [0.1, 0.15) is 59.3 Å². The van der Waals surface area contributed by atoms with Crippen molar-refractivity contribution >= 4 is 29.5 Å². The summed E-state index contributed by atoms with van der Waals surface area (Å²) < 4.78 is -0.676. The standard InChI is InChI=1S/C29H45N3O4S/c1-7-14-30(6)26(34)23-22-16-19(5)29(37-22)24(23)27(35)32(21(17-33)18(3)4)25(29)28(36)31(15-8-2)20-12-10-9-11-13-20/h7-8,18-25,33H,1-2,9-17H2,3-6H3/t19?,21-,22-,23+,24-,25?,29?/m0/s1. The number of fused-ring (bicyclic) bond motifs is 1. The van der Waals surface area contributed by atoms with Crippen molar-refractivity contribution in [1.29, 1.82) is 0 Å². The molecule has 0 aromatic rings. The normalized spacial score (nSPS) is 33.9. The molecule has 37 heavy (non-hydrogen) atoms. The molecule has 2 bridgehead atoms. The van der Waals surface area contributed by atoms with Crippen molar-refractivity contribution in [2.45, 2.75) is 87.4 Å². The third kappa shape index (κ3) is 4.46. The molecule has 3 unspecified atom stereocenters. The van der Waals surface area contributed by atoms with Crippen molar-refractivity contribution in [2.24, 2.45) is 23.7 Å². The zero-order valence-electron chi connectivity index (χ0n) is 23.0. The molecule has 0 radical (unpaired) electrons. The molecule has 1 N–H and O–H groups in total. The number of carbonyl (C=O) groups excluding carboxylic acids is 3. The lowest BCUT2D eigenvalue weighted by Crippen LogP contribution is -2.61. The SMILES string of the molecule is C=CCN(C)C(=O)[C@@H]1[C@@H]2CC(C)C3(S2)C(C(=O)N(CC=C)C2CCCCC2)N([C@@H](CO)C(C)C)C(=O)[C@H]13. The van der Waals surface area contributed by atoms with E-state index < -0.39 is 28.7 Å². The molecule has 7 atom stereocenters. The van der Waals surface area contributed by atoms with Crippen molar-refractivity contribution < 1.29 is 19.5 Å². The van der Waals surface area contributed by atoms with Crippen LogP contribution in [-0.2, 0) is 14.4 Å². The molecule has 4 rings (SSSR count). The number of aliphatic hydroxyl groups excluding tert-OH is 1. The van der Waals surface area contributed by atoms with Gasteiger partial charge in [-0.2, -0.15) is 0 Å². The number of hydrogen-bond acceptors (Lipinski definition) is 5. The minimum atomic E-state index is -0.695. The Balaban J connectivity index is 1.82. The number of amides is 3. The van der Waals surface area contributed by atoms with Gasteiger partial charge in [0.15, 0.2) is 0 Å². The summed E-state index contributed by atoms with van der Waals surface area (Å²) in [5, 5.41) is 10.5. The van der Waals surface area contributed by atoms with Gasteiger partial charge in [-0.1, -0.05) is 52.2 Å². The number of carbonyl (C=O) groups is 3. The lowest BCUT2D eigenvalue weighted by atomic mass is 9.65. The predicted octanol–water partition coefficient (Wildman–Crippen LogP) is 3.33. The van der Waals surface area contributed by atoms with Crippen molar-refractivity contribution in [1.82, 2.24) is 14.7 Å². The Kier molecular flexibility index (Phi) is 8.49. The first-order valence-electron chi connectivity index (χ1n) is 14.0. The van der Waals surface area contributed by atoms with Crippen LogP contribution < -0.4 is 0 Å². The highest BCUT2D eigenvalue weighted by Gasteiger charge is 2.77. The van der Waals surface area contributed by atoms with Crippen molar-refractivity contribution in [3.8, 4) is 0 Å². The van der Waals surface area contributed by atoms with Crippen LogP contribution in [0, 0.1) is 23.7 Å². The lowest BCUT2D eigenvalue weighted by molar-refractivity contribution is -0.148. The summed E-state index contributed by atoms with van der Waals surface area (Å²) in [5.41, 5.74) is 0. The van der Waals surface area contributed by atoms with E-state index in [0.717, 1.165) is 32.1 Å². The van der Waals surface area contributed by atoms with E-state index in [-0.39, 0.29) is 47.5 Å². The number of likely N-dealkylation sites (N-methyl/N-ethyl adjacent to an activating group) is 1. The molecular weight excluding hydrogens is 486 g/mol. The van der Waals surface area contributed by atoms with Crippen molar-refractivity contribution in [3.05, 3.63) is 25.3 Å². The van der Waals surface area contributed by atoms with Gasteiger partial charge < -0.3 is 19.8 Å². The Labute approximate surface area is 226 Å². The summed E-state index contributed by atoms with van der Waals surface area (Å²) in [6.45, 7) is 14.5. The number of nitrogens with zero attached hydrogens (tertiary/aromatic N) is 3. The Morgan fingerprint density at radius 2 is 1.81 bits per heavy atom. The number of thioether (sulfide) groups is 1. The monoisotopic (exact) mass is 531 g/mol. The van der Waals surface area contributed by atoms with Crippen LogP contribution in [0.5, 0.6) is 0 Å². The Bertz CT molecular complexity index is 919. The molecule has 4 fully saturated rings. The highest BCUT2D eigenvalue weighted by Crippen LogP contribution is 2.69. The quantitative estimate of drug-likeness (QED) is 0.438. The van der Waals surface area contributed by atoms with Crippen LogP contribution in [0.2, 0.25) is 0 Å². The number of hydrogen-bond donors (Lipinski definition) is 1. The van der Waals surface area contributed by atoms with Crippen LogP contribution in [0.25, 0.3) is 0 Å². The van der Waals surface area contributed by atoms with Gasteiger partial charge in [-0.15, -0.1) is 24.9 Å². The topological polar surface area (TPSA) is 81.2 Å². The first-order valence-corrected chi connectivity index (χ1v) is 14.9.